The zero-order chi connectivity index (χ0) is 12.4. The Labute approximate surface area is 103 Å². The van der Waals surface area contributed by atoms with E-state index in [-0.39, 0.29) is 11.7 Å². The van der Waals surface area contributed by atoms with Crippen LogP contribution in [0.1, 0.15) is 10.6 Å². The number of aromatic nitrogens is 2. The van der Waals surface area contributed by atoms with Crippen LogP contribution in [0, 0.1) is 0 Å². The molecule has 0 atom stereocenters. The lowest BCUT2D eigenvalue weighted by molar-refractivity contribution is 0.101. The molecule has 6 nitrogen and oxygen atoms in total. The Balaban J connectivity index is 1.79. The van der Waals surface area contributed by atoms with Crippen LogP contribution in [0.5, 0.6) is 11.5 Å². The molecule has 1 aromatic heterocycles. The number of carbonyl (C=O) groups is 1. The summed E-state index contributed by atoms with van der Waals surface area (Å²) in [5.74, 6) is 1.30. The van der Waals surface area contributed by atoms with Gasteiger partial charge in [0, 0.05) is 24.1 Å². The van der Waals surface area contributed by atoms with Crippen molar-refractivity contribution >= 4 is 11.6 Å². The van der Waals surface area contributed by atoms with Crippen LogP contribution in [0.15, 0.2) is 30.6 Å². The largest absolute Gasteiger partial charge is 0.486 e. The van der Waals surface area contributed by atoms with Gasteiger partial charge in [-0.2, -0.15) is 0 Å². The first-order chi connectivity index (χ1) is 8.83. The van der Waals surface area contributed by atoms with Gasteiger partial charge in [-0.15, -0.1) is 0 Å². The van der Waals surface area contributed by atoms with Gasteiger partial charge in [-0.25, -0.2) is 4.98 Å². The Kier molecular flexibility index (Phi) is 2.60. The van der Waals surface area contributed by atoms with E-state index in [1.165, 1.54) is 6.20 Å². The van der Waals surface area contributed by atoms with Crippen LogP contribution >= 0.6 is 0 Å². The molecule has 0 saturated heterocycles. The Hall–Kier alpha value is -2.50. The minimum Gasteiger partial charge on any atom is -0.486 e. The summed E-state index contributed by atoms with van der Waals surface area (Å²) in [5.41, 5.74) is 0.639. The van der Waals surface area contributed by atoms with Crippen molar-refractivity contribution in [2.75, 3.05) is 18.5 Å². The topological polar surface area (TPSA) is 76.2 Å². The summed E-state index contributed by atoms with van der Waals surface area (Å²) < 4.78 is 10.8. The van der Waals surface area contributed by atoms with Gasteiger partial charge in [0.25, 0.3) is 5.91 Å². The summed E-state index contributed by atoms with van der Waals surface area (Å²) in [5, 5.41) is 2.73. The van der Waals surface area contributed by atoms with Crippen molar-refractivity contribution in [3.05, 3.63) is 36.4 Å². The van der Waals surface area contributed by atoms with Crippen LogP contribution < -0.4 is 14.8 Å². The van der Waals surface area contributed by atoms with Crippen LogP contribution in [-0.4, -0.2) is 29.1 Å². The van der Waals surface area contributed by atoms with Crippen molar-refractivity contribution in [2.24, 2.45) is 0 Å². The molecule has 6 heteroatoms. The molecule has 0 bridgehead atoms. The van der Waals surface area contributed by atoms with E-state index < -0.39 is 0 Å². The standard InChI is InChI=1S/C12H11N3O3/c16-12(11-13-3-4-14-11)15-8-1-2-9-10(7-8)18-6-5-17-9/h1-4,7H,5-6H2,(H,13,14)(H,15,16). The predicted molar refractivity (Wildman–Crippen MR) is 64.0 cm³/mol. The second kappa shape index (κ2) is 4.40. The minimum absolute atomic E-state index is 0.268. The molecule has 0 saturated carbocycles. The predicted octanol–water partition coefficient (Wildman–Crippen LogP) is 1.43. The molecule has 3 rings (SSSR count). The summed E-state index contributed by atoms with van der Waals surface area (Å²) in [4.78, 5) is 18.4. The highest BCUT2D eigenvalue weighted by atomic mass is 16.6. The van der Waals surface area contributed by atoms with Gasteiger partial charge >= 0.3 is 0 Å². The van der Waals surface area contributed by atoms with Crippen LogP contribution in [0.4, 0.5) is 5.69 Å². The molecule has 2 heterocycles. The van der Waals surface area contributed by atoms with Crippen molar-refractivity contribution in [1.29, 1.82) is 0 Å². The number of fused-ring (bicyclic) bond motifs is 1. The zero-order valence-corrected chi connectivity index (χ0v) is 9.47. The number of amides is 1. The fourth-order valence-electron chi connectivity index (χ4n) is 1.70. The number of carbonyl (C=O) groups excluding carboxylic acids is 1. The number of hydrogen-bond acceptors (Lipinski definition) is 4. The van der Waals surface area contributed by atoms with Gasteiger partial charge in [-0.05, 0) is 12.1 Å². The third-order valence-electron chi connectivity index (χ3n) is 2.51. The van der Waals surface area contributed by atoms with Gasteiger partial charge in [-0.3, -0.25) is 4.79 Å². The third kappa shape index (κ3) is 2.00. The normalized spacial score (nSPS) is 13.1. The molecule has 0 spiro atoms. The first kappa shape index (κ1) is 10.6. The fraction of sp³-hybridized carbons (Fsp3) is 0.167. The quantitative estimate of drug-likeness (QED) is 0.839. The molecule has 0 fully saturated rings. The van der Waals surface area contributed by atoms with E-state index in [2.05, 4.69) is 15.3 Å². The highest BCUT2D eigenvalue weighted by Gasteiger charge is 2.13. The second-order valence-corrected chi connectivity index (χ2v) is 3.75. The number of ether oxygens (including phenoxy) is 2. The summed E-state index contributed by atoms with van der Waals surface area (Å²) >= 11 is 0. The highest BCUT2D eigenvalue weighted by molar-refractivity contribution is 6.01. The van der Waals surface area contributed by atoms with Gasteiger partial charge in [0.05, 0.1) is 0 Å². The Morgan fingerprint density at radius 2 is 2.11 bits per heavy atom. The van der Waals surface area contributed by atoms with E-state index in [4.69, 9.17) is 9.47 Å². The maximum atomic E-state index is 11.8. The van der Waals surface area contributed by atoms with E-state index in [0.717, 1.165) is 0 Å². The van der Waals surface area contributed by atoms with E-state index in [9.17, 15) is 4.79 Å². The number of aromatic amines is 1. The van der Waals surface area contributed by atoms with Crippen LogP contribution in [0.2, 0.25) is 0 Å². The SMILES string of the molecule is O=C(Nc1ccc2c(c1)OCCO2)c1ncc[nH]1. The summed E-state index contributed by atoms with van der Waals surface area (Å²) in [6.07, 6.45) is 3.12. The maximum absolute atomic E-state index is 11.8. The van der Waals surface area contributed by atoms with Gasteiger partial charge in [-0.1, -0.05) is 0 Å². The average molecular weight is 245 g/mol. The Morgan fingerprint density at radius 1 is 1.28 bits per heavy atom. The molecule has 18 heavy (non-hydrogen) atoms. The number of H-pyrrole nitrogens is 1. The van der Waals surface area contributed by atoms with Gasteiger partial charge in [0.1, 0.15) is 13.2 Å². The molecule has 1 aliphatic rings. The summed E-state index contributed by atoms with van der Waals surface area (Å²) in [6.45, 7) is 1.06. The van der Waals surface area contributed by atoms with Crippen molar-refractivity contribution in [3.63, 3.8) is 0 Å². The lowest BCUT2D eigenvalue weighted by atomic mass is 10.2. The summed E-state index contributed by atoms with van der Waals surface area (Å²) in [6, 6.07) is 5.26. The molecule has 2 N–H and O–H groups in total. The lowest BCUT2D eigenvalue weighted by Crippen LogP contribution is -2.17. The first-order valence-corrected chi connectivity index (χ1v) is 5.53. The maximum Gasteiger partial charge on any atom is 0.291 e. The van der Waals surface area contributed by atoms with E-state index in [1.54, 1.807) is 24.4 Å². The molecule has 0 unspecified atom stereocenters. The number of rotatable bonds is 2. The average Bonchev–Trinajstić information content (AvgIpc) is 2.92. The molecule has 0 radical (unpaired) electrons. The molecular weight excluding hydrogens is 234 g/mol. The van der Waals surface area contributed by atoms with Crippen molar-refractivity contribution in [2.45, 2.75) is 0 Å². The highest BCUT2D eigenvalue weighted by Crippen LogP contribution is 2.32. The molecule has 0 aliphatic carbocycles. The number of hydrogen-bond donors (Lipinski definition) is 2. The number of imidazole rings is 1. The second-order valence-electron chi connectivity index (χ2n) is 3.75. The number of benzene rings is 1. The molecule has 1 amide bonds. The van der Waals surface area contributed by atoms with Crippen molar-refractivity contribution < 1.29 is 14.3 Å². The van der Waals surface area contributed by atoms with Crippen LogP contribution in [0.25, 0.3) is 0 Å². The zero-order valence-electron chi connectivity index (χ0n) is 9.47. The fourth-order valence-corrected chi connectivity index (χ4v) is 1.70. The number of nitrogens with zero attached hydrogens (tertiary/aromatic N) is 1. The number of nitrogens with one attached hydrogen (secondary N) is 2. The molecule has 1 aliphatic heterocycles. The van der Waals surface area contributed by atoms with Gasteiger partial charge in [0.2, 0.25) is 0 Å². The summed E-state index contributed by atoms with van der Waals surface area (Å²) in [7, 11) is 0. The van der Waals surface area contributed by atoms with E-state index >= 15 is 0 Å². The molecular formula is C12H11N3O3. The first-order valence-electron chi connectivity index (χ1n) is 5.53. The van der Waals surface area contributed by atoms with Gasteiger partial charge in [0.15, 0.2) is 17.3 Å². The van der Waals surface area contributed by atoms with E-state index in [0.29, 0.717) is 30.4 Å². The Morgan fingerprint density at radius 3 is 2.89 bits per heavy atom. The van der Waals surface area contributed by atoms with Gasteiger partial charge < -0.3 is 19.8 Å². The smallest absolute Gasteiger partial charge is 0.291 e. The lowest BCUT2D eigenvalue weighted by Gasteiger charge is -2.18. The molecule has 1 aromatic carbocycles. The van der Waals surface area contributed by atoms with E-state index in [1.807, 2.05) is 0 Å². The van der Waals surface area contributed by atoms with Crippen molar-refractivity contribution in [1.82, 2.24) is 9.97 Å². The van der Waals surface area contributed by atoms with Crippen molar-refractivity contribution in [3.8, 4) is 11.5 Å². The monoisotopic (exact) mass is 245 g/mol. The van der Waals surface area contributed by atoms with Crippen LogP contribution in [0.3, 0.4) is 0 Å². The number of anilines is 1. The molecule has 2 aromatic rings. The minimum atomic E-state index is -0.295. The Bertz CT molecular complexity index is 566. The van der Waals surface area contributed by atoms with Crippen LogP contribution in [-0.2, 0) is 0 Å². The molecule has 92 valence electrons. The third-order valence-corrected chi connectivity index (χ3v) is 2.51.